The SMILES string of the molecule is COc1cccc(CN2[C@H]3CC[C@H]2c2cnc4cc(C)nn4c2C3)c1O. The van der Waals surface area contributed by atoms with Gasteiger partial charge < -0.3 is 9.84 Å². The summed E-state index contributed by atoms with van der Waals surface area (Å²) in [5.41, 5.74) is 5.41. The van der Waals surface area contributed by atoms with Gasteiger partial charge in [-0.05, 0) is 25.8 Å². The van der Waals surface area contributed by atoms with Crippen molar-refractivity contribution in [3.8, 4) is 11.5 Å². The summed E-state index contributed by atoms with van der Waals surface area (Å²) in [7, 11) is 1.59. The first-order chi connectivity index (χ1) is 12.7. The number of hydrogen-bond acceptors (Lipinski definition) is 5. The maximum absolute atomic E-state index is 10.5. The lowest BCUT2D eigenvalue weighted by Gasteiger charge is -2.36. The number of fused-ring (bicyclic) bond motifs is 6. The van der Waals surface area contributed by atoms with Crippen LogP contribution < -0.4 is 4.74 Å². The first-order valence-electron chi connectivity index (χ1n) is 9.10. The van der Waals surface area contributed by atoms with Gasteiger partial charge in [-0.3, -0.25) is 4.90 Å². The van der Waals surface area contributed by atoms with Crippen LogP contribution in [0.5, 0.6) is 11.5 Å². The molecule has 5 rings (SSSR count). The molecule has 2 atom stereocenters. The van der Waals surface area contributed by atoms with Gasteiger partial charge in [0, 0.05) is 48.4 Å². The van der Waals surface area contributed by atoms with Crippen molar-refractivity contribution in [2.24, 2.45) is 0 Å². The molecule has 1 fully saturated rings. The molecule has 0 unspecified atom stereocenters. The monoisotopic (exact) mass is 350 g/mol. The topological polar surface area (TPSA) is 62.9 Å². The molecule has 1 saturated heterocycles. The van der Waals surface area contributed by atoms with Crippen LogP contribution in [0.2, 0.25) is 0 Å². The van der Waals surface area contributed by atoms with Gasteiger partial charge in [0.05, 0.1) is 18.5 Å². The summed E-state index contributed by atoms with van der Waals surface area (Å²) in [6, 6.07) is 8.53. The number of benzene rings is 1. The smallest absolute Gasteiger partial charge is 0.162 e. The maximum atomic E-state index is 10.5. The standard InChI is InChI=1S/C20H22N4O2/c1-12-8-19-21-10-15-16-7-6-14(9-17(15)24(19)22-12)23(16)11-13-4-3-5-18(26-2)20(13)25/h3-5,8,10,14,16,25H,6-7,9,11H2,1-2H3/t14-,16-/m0/s1. The van der Waals surface area contributed by atoms with Crippen LogP contribution in [0.4, 0.5) is 0 Å². The van der Waals surface area contributed by atoms with E-state index in [4.69, 9.17) is 4.74 Å². The quantitative estimate of drug-likeness (QED) is 0.787. The van der Waals surface area contributed by atoms with Crippen molar-refractivity contribution in [1.82, 2.24) is 19.5 Å². The predicted molar refractivity (Wildman–Crippen MR) is 97.4 cm³/mol. The van der Waals surface area contributed by atoms with E-state index in [1.165, 1.54) is 11.3 Å². The number of methoxy groups -OCH3 is 1. The summed E-state index contributed by atoms with van der Waals surface area (Å²) in [6.45, 7) is 2.73. The number of phenols is 1. The lowest BCUT2D eigenvalue weighted by molar-refractivity contribution is 0.163. The molecule has 2 aromatic heterocycles. The molecule has 1 aromatic carbocycles. The fourth-order valence-corrected chi connectivity index (χ4v) is 4.60. The second-order valence-corrected chi connectivity index (χ2v) is 7.31. The van der Waals surface area contributed by atoms with Gasteiger partial charge in [-0.2, -0.15) is 5.10 Å². The van der Waals surface area contributed by atoms with Crippen LogP contribution in [0.3, 0.4) is 0 Å². The number of phenolic OH excluding ortho intramolecular Hbond substituents is 1. The maximum Gasteiger partial charge on any atom is 0.162 e. The van der Waals surface area contributed by atoms with Crippen molar-refractivity contribution in [2.75, 3.05) is 7.11 Å². The number of nitrogens with zero attached hydrogens (tertiary/aromatic N) is 4. The number of aromatic nitrogens is 3. The highest BCUT2D eigenvalue weighted by Crippen LogP contribution is 2.45. The van der Waals surface area contributed by atoms with E-state index in [-0.39, 0.29) is 5.75 Å². The molecule has 2 bridgehead atoms. The van der Waals surface area contributed by atoms with Gasteiger partial charge >= 0.3 is 0 Å². The molecule has 0 radical (unpaired) electrons. The van der Waals surface area contributed by atoms with Gasteiger partial charge in [-0.25, -0.2) is 9.50 Å². The van der Waals surface area contributed by atoms with Gasteiger partial charge in [0.15, 0.2) is 17.1 Å². The minimum atomic E-state index is 0.247. The third-order valence-electron chi connectivity index (χ3n) is 5.82. The molecule has 2 aliphatic heterocycles. The van der Waals surface area contributed by atoms with Crippen molar-refractivity contribution in [2.45, 2.75) is 44.8 Å². The first kappa shape index (κ1) is 15.6. The zero-order valence-electron chi connectivity index (χ0n) is 15.0. The molecule has 0 aliphatic carbocycles. The Morgan fingerprint density at radius 3 is 3.04 bits per heavy atom. The average Bonchev–Trinajstić information content (AvgIpc) is 3.14. The van der Waals surface area contributed by atoms with Crippen LogP contribution in [0.15, 0.2) is 30.5 Å². The van der Waals surface area contributed by atoms with E-state index in [0.717, 1.165) is 36.2 Å². The molecule has 134 valence electrons. The number of aryl methyl sites for hydroxylation is 1. The Morgan fingerprint density at radius 1 is 1.31 bits per heavy atom. The van der Waals surface area contributed by atoms with Crippen LogP contribution in [-0.2, 0) is 13.0 Å². The van der Waals surface area contributed by atoms with Crippen molar-refractivity contribution in [3.63, 3.8) is 0 Å². The highest BCUT2D eigenvalue weighted by molar-refractivity contribution is 5.46. The number of para-hydroxylation sites is 1. The summed E-state index contributed by atoms with van der Waals surface area (Å²) in [4.78, 5) is 7.12. The van der Waals surface area contributed by atoms with Gasteiger partial charge in [-0.15, -0.1) is 0 Å². The van der Waals surface area contributed by atoms with Crippen LogP contribution in [0, 0.1) is 6.92 Å². The second-order valence-electron chi connectivity index (χ2n) is 7.31. The van der Waals surface area contributed by atoms with E-state index in [0.29, 0.717) is 24.4 Å². The summed E-state index contributed by atoms with van der Waals surface area (Å²) < 4.78 is 7.28. The Morgan fingerprint density at radius 2 is 2.19 bits per heavy atom. The molecule has 2 aliphatic rings. The van der Waals surface area contributed by atoms with Gasteiger partial charge in [0.2, 0.25) is 0 Å². The molecule has 0 spiro atoms. The number of hydrogen-bond donors (Lipinski definition) is 1. The van der Waals surface area contributed by atoms with Crippen molar-refractivity contribution < 1.29 is 9.84 Å². The zero-order chi connectivity index (χ0) is 17.8. The summed E-state index contributed by atoms with van der Waals surface area (Å²) in [5, 5.41) is 15.1. The Hall–Kier alpha value is -2.60. The fourth-order valence-electron chi connectivity index (χ4n) is 4.60. The zero-order valence-corrected chi connectivity index (χ0v) is 15.0. The first-order valence-corrected chi connectivity index (χ1v) is 9.10. The fraction of sp³-hybridized carbons (Fsp3) is 0.400. The summed E-state index contributed by atoms with van der Waals surface area (Å²) in [6.07, 6.45) is 5.27. The Balaban J connectivity index is 1.53. The molecular formula is C20H22N4O2. The Bertz CT molecular complexity index is 997. The molecule has 4 heterocycles. The molecule has 1 N–H and O–H groups in total. The molecule has 0 saturated carbocycles. The van der Waals surface area contributed by atoms with Crippen molar-refractivity contribution in [1.29, 1.82) is 0 Å². The van der Waals surface area contributed by atoms with E-state index in [2.05, 4.69) is 15.0 Å². The molecular weight excluding hydrogens is 328 g/mol. The minimum absolute atomic E-state index is 0.247. The lowest BCUT2D eigenvalue weighted by Crippen LogP contribution is -2.38. The van der Waals surface area contributed by atoms with Crippen LogP contribution >= 0.6 is 0 Å². The van der Waals surface area contributed by atoms with Gasteiger partial charge in [-0.1, -0.05) is 12.1 Å². The van der Waals surface area contributed by atoms with Crippen molar-refractivity contribution >= 4 is 5.65 Å². The van der Waals surface area contributed by atoms with E-state index in [9.17, 15) is 5.11 Å². The van der Waals surface area contributed by atoms with Gasteiger partial charge in [0.25, 0.3) is 0 Å². The van der Waals surface area contributed by atoms with E-state index in [1.807, 2.05) is 35.8 Å². The average molecular weight is 350 g/mol. The number of aromatic hydroxyl groups is 1. The highest BCUT2D eigenvalue weighted by atomic mass is 16.5. The molecule has 6 nitrogen and oxygen atoms in total. The molecule has 3 aromatic rings. The summed E-state index contributed by atoms with van der Waals surface area (Å²) >= 11 is 0. The van der Waals surface area contributed by atoms with Crippen molar-refractivity contribution in [3.05, 3.63) is 53.0 Å². The van der Waals surface area contributed by atoms with Crippen LogP contribution in [-0.4, -0.2) is 37.8 Å². The summed E-state index contributed by atoms with van der Waals surface area (Å²) in [5.74, 6) is 0.777. The molecule has 26 heavy (non-hydrogen) atoms. The van der Waals surface area contributed by atoms with Gasteiger partial charge in [0.1, 0.15) is 0 Å². The molecule has 0 amide bonds. The van der Waals surface area contributed by atoms with Crippen LogP contribution in [0.25, 0.3) is 5.65 Å². The third-order valence-corrected chi connectivity index (χ3v) is 5.82. The minimum Gasteiger partial charge on any atom is -0.504 e. The Kier molecular flexibility index (Phi) is 3.43. The number of rotatable bonds is 3. The van der Waals surface area contributed by atoms with E-state index < -0.39 is 0 Å². The predicted octanol–water partition coefficient (Wildman–Crippen LogP) is 3.01. The van der Waals surface area contributed by atoms with E-state index in [1.54, 1.807) is 13.2 Å². The molecule has 6 heteroatoms. The van der Waals surface area contributed by atoms with E-state index >= 15 is 0 Å². The Labute approximate surface area is 152 Å². The largest absolute Gasteiger partial charge is 0.504 e. The third kappa shape index (κ3) is 2.22. The lowest BCUT2D eigenvalue weighted by atomic mass is 9.98. The normalized spacial score (nSPS) is 21.9. The van der Waals surface area contributed by atoms with Crippen LogP contribution in [0.1, 0.15) is 41.4 Å². The number of ether oxygens (including phenoxy) is 1. The highest BCUT2D eigenvalue weighted by Gasteiger charge is 2.41. The second kappa shape index (κ2) is 5.71.